The normalized spacial score (nSPS) is 11.2. The van der Waals surface area contributed by atoms with Crippen LogP contribution in [0.5, 0.6) is 0 Å². The predicted octanol–water partition coefficient (Wildman–Crippen LogP) is 3.51. The Bertz CT molecular complexity index is 632. The van der Waals surface area contributed by atoms with Crippen molar-refractivity contribution in [2.24, 2.45) is 0 Å². The molecule has 2 aromatic rings. The highest BCUT2D eigenvalue weighted by atomic mass is 79.9. The summed E-state index contributed by atoms with van der Waals surface area (Å²) >= 11 is 3.08. The van der Waals surface area contributed by atoms with Gasteiger partial charge in [0.05, 0.1) is 16.8 Å². The molecule has 1 aromatic heterocycles. The van der Waals surface area contributed by atoms with Crippen molar-refractivity contribution in [1.29, 1.82) is 0 Å². The molecular weight excluding hydrogens is 339 g/mol. The van der Waals surface area contributed by atoms with Gasteiger partial charge in [-0.2, -0.15) is 13.2 Å². The van der Waals surface area contributed by atoms with Crippen molar-refractivity contribution in [1.82, 2.24) is 9.97 Å². The van der Waals surface area contributed by atoms with Crippen molar-refractivity contribution in [3.63, 3.8) is 0 Å². The van der Waals surface area contributed by atoms with Gasteiger partial charge in [0.2, 0.25) is 0 Å². The molecule has 4 nitrogen and oxygen atoms in total. The minimum atomic E-state index is -4.48. The number of nitrogens with one attached hydrogen (secondary N) is 1. The molecule has 8 heteroatoms. The van der Waals surface area contributed by atoms with E-state index >= 15 is 0 Å². The van der Waals surface area contributed by atoms with Gasteiger partial charge in [-0.05, 0) is 34.1 Å². The monoisotopic (exact) mass is 345 g/mol. The molecule has 0 saturated carbocycles. The lowest BCUT2D eigenvalue weighted by atomic mass is 10.2. The summed E-state index contributed by atoms with van der Waals surface area (Å²) in [6, 6.07) is 3.00. The number of rotatable bonds is 2. The van der Waals surface area contributed by atoms with Crippen molar-refractivity contribution in [3.8, 4) is 0 Å². The van der Waals surface area contributed by atoms with E-state index in [0.29, 0.717) is 4.47 Å². The van der Waals surface area contributed by atoms with E-state index in [1.165, 1.54) is 24.8 Å². The van der Waals surface area contributed by atoms with Crippen molar-refractivity contribution < 1.29 is 18.0 Å². The predicted molar refractivity (Wildman–Crippen MR) is 69.1 cm³/mol. The number of carbonyl (C=O) groups excluding carboxylic acids is 1. The molecule has 1 amide bonds. The molecule has 20 heavy (non-hydrogen) atoms. The van der Waals surface area contributed by atoms with Gasteiger partial charge in [-0.25, -0.2) is 9.97 Å². The average molecular weight is 346 g/mol. The van der Waals surface area contributed by atoms with Crippen molar-refractivity contribution >= 4 is 27.5 Å². The summed E-state index contributed by atoms with van der Waals surface area (Å²) in [6.45, 7) is 0. The second-order valence-corrected chi connectivity index (χ2v) is 4.63. The summed E-state index contributed by atoms with van der Waals surface area (Å²) in [5.74, 6) is -0.592. The number of amides is 1. The van der Waals surface area contributed by atoms with Crippen LogP contribution in [0.4, 0.5) is 18.9 Å². The van der Waals surface area contributed by atoms with Crippen LogP contribution in [-0.2, 0) is 6.18 Å². The molecule has 0 radical (unpaired) electrons. The smallest absolute Gasteiger partial charge is 0.321 e. The molecule has 0 aliphatic heterocycles. The molecule has 2 rings (SSSR count). The topological polar surface area (TPSA) is 54.9 Å². The second-order valence-electron chi connectivity index (χ2n) is 3.77. The number of aromatic nitrogens is 2. The van der Waals surface area contributed by atoms with Gasteiger partial charge in [-0.3, -0.25) is 4.79 Å². The Hall–Kier alpha value is -1.96. The molecule has 1 heterocycles. The molecule has 1 N–H and O–H groups in total. The lowest BCUT2D eigenvalue weighted by Gasteiger charge is -2.11. The number of carbonyl (C=O) groups is 1. The first-order chi connectivity index (χ1) is 9.38. The van der Waals surface area contributed by atoms with Gasteiger partial charge < -0.3 is 5.32 Å². The number of nitrogens with zero attached hydrogens (tertiary/aromatic N) is 2. The Labute approximate surface area is 120 Å². The van der Waals surface area contributed by atoms with E-state index in [4.69, 9.17) is 0 Å². The van der Waals surface area contributed by atoms with E-state index in [0.717, 1.165) is 12.1 Å². The molecule has 0 spiro atoms. The molecule has 0 fully saturated rings. The van der Waals surface area contributed by atoms with Crippen LogP contribution < -0.4 is 5.32 Å². The van der Waals surface area contributed by atoms with Gasteiger partial charge in [0.1, 0.15) is 6.33 Å². The number of hydrogen-bond donors (Lipinski definition) is 1. The highest BCUT2D eigenvalue weighted by Crippen LogP contribution is 2.34. The number of benzene rings is 1. The maximum Gasteiger partial charge on any atom is 0.416 e. The highest BCUT2D eigenvalue weighted by Gasteiger charge is 2.31. The van der Waals surface area contributed by atoms with Gasteiger partial charge >= 0.3 is 6.18 Å². The molecule has 0 aliphatic carbocycles. The van der Waals surface area contributed by atoms with Gasteiger partial charge in [0, 0.05) is 16.9 Å². The van der Waals surface area contributed by atoms with E-state index in [9.17, 15) is 18.0 Å². The summed E-state index contributed by atoms with van der Waals surface area (Å²) in [6.07, 6.45) is -0.694. The fourth-order valence-corrected chi connectivity index (χ4v) is 1.75. The number of halogens is 4. The zero-order valence-corrected chi connectivity index (χ0v) is 11.4. The first-order valence-electron chi connectivity index (χ1n) is 5.31. The van der Waals surface area contributed by atoms with E-state index in [-0.39, 0.29) is 11.3 Å². The largest absolute Gasteiger partial charge is 0.416 e. The summed E-state index contributed by atoms with van der Waals surface area (Å²) in [7, 11) is 0. The van der Waals surface area contributed by atoms with Crippen LogP contribution in [0.2, 0.25) is 0 Å². The quantitative estimate of drug-likeness (QED) is 0.906. The summed E-state index contributed by atoms with van der Waals surface area (Å²) < 4.78 is 38.2. The molecule has 0 bridgehead atoms. The van der Waals surface area contributed by atoms with E-state index in [1.54, 1.807) is 0 Å². The molecule has 0 saturated heterocycles. The maximum absolute atomic E-state index is 12.6. The Kier molecular flexibility index (Phi) is 4.03. The second kappa shape index (κ2) is 5.58. The Morgan fingerprint density at radius 1 is 1.20 bits per heavy atom. The summed E-state index contributed by atoms with van der Waals surface area (Å²) in [5, 5.41) is 2.37. The van der Waals surface area contributed by atoms with Crippen molar-refractivity contribution in [3.05, 3.63) is 52.5 Å². The lowest BCUT2D eigenvalue weighted by molar-refractivity contribution is -0.137. The number of hydrogen-bond acceptors (Lipinski definition) is 3. The van der Waals surface area contributed by atoms with Crippen LogP contribution in [0, 0.1) is 0 Å². The van der Waals surface area contributed by atoms with Crippen molar-refractivity contribution in [2.75, 3.05) is 5.32 Å². The average Bonchev–Trinajstić information content (AvgIpc) is 2.41. The first kappa shape index (κ1) is 14.4. The van der Waals surface area contributed by atoms with Gasteiger partial charge in [-0.15, -0.1) is 0 Å². The Balaban J connectivity index is 2.27. The standard InChI is InChI=1S/C12H7BrF3N3O/c13-9-2-1-8(12(14,15)16)3-10(9)19-11(20)7-4-17-6-18-5-7/h1-6H,(H,19,20). The lowest BCUT2D eigenvalue weighted by Crippen LogP contribution is -2.14. The zero-order valence-electron chi connectivity index (χ0n) is 9.78. The van der Waals surface area contributed by atoms with Gasteiger partial charge in [-0.1, -0.05) is 0 Å². The van der Waals surface area contributed by atoms with Crippen LogP contribution in [0.1, 0.15) is 15.9 Å². The molecule has 0 aliphatic rings. The van der Waals surface area contributed by atoms with Gasteiger partial charge in [0.25, 0.3) is 5.91 Å². The van der Waals surface area contributed by atoms with Crippen LogP contribution in [0.3, 0.4) is 0 Å². The minimum absolute atomic E-state index is 0.0219. The highest BCUT2D eigenvalue weighted by molar-refractivity contribution is 9.10. The summed E-state index contributed by atoms with van der Waals surface area (Å²) in [4.78, 5) is 19.2. The first-order valence-corrected chi connectivity index (χ1v) is 6.10. The number of anilines is 1. The van der Waals surface area contributed by atoms with E-state index in [2.05, 4.69) is 31.2 Å². The fraction of sp³-hybridized carbons (Fsp3) is 0.0833. The Morgan fingerprint density at radius 3 is 2.45 bits per heavy atom. The third-order valence-electron chi connectivity index (χ3n) is 2.36. The van der Waals surface area contributed by atoms with Crippen LogP contribution in [0.25, 0.3) is 0 Å². The van der Waals surface area contributed by atoms with Gasteiger partial charge in [0.15, 0.2) is 0 Å². The SMILES string of the molecule is O=C(Nc1cc(C(F)(F)F)ccc1Br)c1cncnc1. The molecule has 0 unspecified atom stereocenters. The Morgan fingerprint density at radius 2 is 1.85 bits per heavy atom. The number of alkyl halides is 3. The van der Waals surface area contributed by atoms with Crippen LogP contribution >= 0.6 is 15.9 Å². The molecular formula is C12H7BrF3N3O. The minimum Gasteiger partial charge on any atom is -0.321 e. The molecule has 104 valence electrons. The third kappa shape index (κ3) is 3.32. The van der Waals surface area contributed by atoms with Crippen molar-refractivity contribution in [2.45, 2.75) is 6.18 Å². The van der Waals surface area contributed by atoms with E-state index < -0.39 is 17.6 Å². The van der Waals surface area contributed by atoms with Crippen LogP contribution in [-0.4, -0.2) is 15.9 Å². The molecule has 0 atom stereocenters. The van der Waals surface area contributed by atoms with Crippen LogP contribution in [0.15, 0.2) is 41.4 Å². The maximum atomic E-state index is 12.6. The third-order valence-corrected chi connectivity index (χ3v) is 3.06. The zero-order chi connectivity index (χ0) is 14.8. The molecule has 1 aromatic carbocycles. The van der Waals surface area contributed by atoms with E-state index in [1.807, 2.05) is 0 Å². The summed E-state index contributed by atoms with van der Waals surface area (Å²) in [5.41, 5.74) is -0.675. The fourth-order valence-electron chi connectivity index (χ4n) is 1.41.